The fourth-order valence-corrected chi connectivity index (χ4v) is 5.76. The smallest absolute Gasteiger partial charge is 0.407 e. The molecule has 6 rings (SSSR count). The Kier molecular flexibility index (Phi) is 4.50. The average molecular weight is 447 g/mol. The number of piperidine rings is 1. The highest BCUT2D eigenvalue weighted by atomic mass is 16.5. The van der Waals surface area contributed by atoms with Crippen molar-refractivity contribution in [3.05, 3.63) is 59.7 Å². The number of rotatable bonds is 6. The van der Waals surface area contributed by atoms with E-state index < -0.39 is 23.5 Å². The van der Waals surface area contributed by atoms with Crippen LogP contribution in [0.1, 0.15) is 36.3 Å². The number of fused-ring (bicyclic) bond motifs is 4. The number of alkyl carbamates (subject to hydrolysis) is 1. The summed E-state index contributed by atoms with van der Waals surface area (Å²) in [4.78, 5) is 39.1. The Morgan fingerprint density at radius 2 is 1.70 bits per heavy atom. The molecule has 1 saturated heterocycles. The highest BCUT2D eigenvalue weighted by Gasteiger charge is 2.66. The number of aliphatic carboxylic acids is 1. The van der Waals surface area contributed by atoms with Crippen molar-refractivity contribution < 1.29 is 24.2 Å². The van der Waals surface area contributed by atoms with Gasteiger partial charge in [0.2, 0.25) is 5.91 Å². The van der Waals surface area contributed by atoms with E-state index in [2.05, 4.69) is 29.6 Å². The van der Waals surface area contributed by atoms with Gasteiger partial charge >= 0.3 is 12.1 Å². The van der Waals surface area contributed by atoms with Crippen molar-refractivity contribution in [3.63, 3.8) is 0 Å². The third kappa shape index (κ3) is 3.29. The predicted octanol–water partition coefficient (Wildman–Crippen LogP) is 3.24. The number of ether oxygens (including phenoxy) is 1. The molecule has 2 N–H and O–H groups in total. The molecule has 0 radical (unpaired) electrons. The zero-order chi connectivity index (χ0) is 22.7. The molecule has 2 amide bonds. The van der Waals surface area contributed by atoms with Gasteiger partial charge in [-0.25, -0.2) is 4.79 Å². The molecule has 0 spiro atoms. The number of carbonyl (C=O) groups excluding carboxylic acids is 2. The minimum atomic E-state index is -0.824. The van der Waals surface area contributed by atoms with E-state index in [4.69, 9.17) is 4.74 Å². The van der Waals surface area contributed by atoms with Crippen molar-refractivity contribution >= 4 is 18.0 Å². The van der Waals surface area contributed by atoms with Gasteiger partial charge in [0.25, 0.3) is 0 Å². The molecule has 3 fully saturated rings. The van der Waals surface area contributed by atoms with E-state index in [1.807, 2.05) is 24.3 Å². The summed E-state index contributed by atoms with van der Waals surface area (Å²) in [6.07, 6.45) is 1.79. The highest BCUT2D eigenvalue weighted by Crippen LogP contribution is 2.58. The molecule has 2 saturated carbocycles. The molecule has 3 aliphatic carbocycles. The Bertz CT molecular complexity index is 1110. The van der Waals surface area contributed by atoms with Gasteiger partial charge in [0.05, 0.1) is 5.41 Å². The molecular weight excluding hydrogens is 420 g/mol. The third-order valence-electron chi connectivity index (χ3n) is 7.86. The van der Waals surface area contributed by atoms with Crippen LogP contribution in [0.5, 0.6) is 0 Å². The summed E-state index contributed by atoms with van der Waals surface area (Å²) in [5.41, 5.74) is 3.82. The van der Waals surface area contributed by atoms with Gasteiger partial charge in [0.15, 0.2) is 0 Å². The molecule has 3 atom stereocenters. The molecule has 33 heavy (non-hydrogen) atoms. The monoisotopic (exact) mass is 446 g/mol. The van der Waals surface area contributed by atoms with Crippen molar-refractivity contribution in [3.8, 4) is 11.1 Å². The zero-order valence-corrected chi connectivity index (χ0v) is 18.2. The Morgan fingerprint density at radius 1 is 1.06 bits per heavy atom. The van der Waals surface area contributed by atoms with Gasteiger partial charge in [-0.1, -0.05) is 48.5 Å². The second-order valence-electron chi connectivity index (χ2n) is 9.87. The van der Waals surface area contributed by atoms with Crippen LogP contribution < -0.4 is 5.32 Å². The summed E-state index contributed by atoms with van der Waals surface area (Å²) in [5, 5.41) is 12.3. The fraction of sp³-hybridized carbons (Fsp3) is 0.423. The van der Waals surface area contributed by atoms with Crippen LogP contribution in [0.3, 0.4) is 0 Å². The maximum absolute atomic E-state index is 13.1. The summed E-state index contributed by atoms with van der Waals surface area (Å²) in [7, 11) is 0. The van der Waals surface area contributed by atoms with Crippen molar-refractivity contribution in [1.29, 1.82) is 0 Å². The van der Waals surface area contributed by atoms with E-state index in [1.165, 1.54) is 0 Å². The Morgan fingerprint density at radius 3 is 2.27 bits per heavy atom. The molecule has 1 heterocycles. The molecule has 170 valence electrons. The Balaban J connectivity index is 1.12. The average Bonchev–Trinajstić information content (AvgIpc) is 3.73. The predicted molar refractivity (Wildman–Crippen MR) is 119 cm³/mol. The summed E-state index contributed by atoms with van der Waals surface area (Å²) in [6.45, 7) is 0.890. The number of carbonyl (C=O) groups is 3. The molecular formula is C26H26N2O5. The number of nitrogens with one attached hydrogen (secondary N) is 1. The quantitative estimate of drug-likeness (QED) is 0.710. The molecule has 7 nitrogen and oxygen atoms in total. The van der Waals surface area contributed by atoms with Crippen LogP contribution in [-0.2, 0) is 14.3 Å². The van der Waals surface area contributed by atoms with Gasteiger partial charge in [-0.15, -0.1) is 0 Å². The first-order valence-electron chi connectivity index (χ1n) is 11.6. The molecule has 0 aromatic heterocycles. The highest BCUT2D eigenvalue weighted by molar-refractivity contribution is 5.89. The van der Waals surface area contributed by atoms with Crippen molar-refractivity contribution in [2.45, 2.75) is 31.2 Å². The molecule has 1 aliphatic heterocycles. The number of nitrogens with zero attached hydrogens (tertiary/aromatic N) is 1. The van der Waals surface area contributed by atoms with Crippen molar-refractivity contribution in [1.82, 2.24) is 10.2 Å². The minimum absolute atomic E-state index is 0.0354. The number of likely N-dealkylation sites (tertiary alicyclic amines) is 1. The van der Waals surface area contributed by atoms with Gasteiger partial charge in [-0.2, -0.15) is 0 Å². The molecule has 0 bridgehead atoms. The number of carboxylic acid groups (broad SMARTS) is 1. The summed E-state index contributed by atoms with van der Waals surface area (Å²) < 4.78 is 5.63. The Hall–Kier alpha value is -3.35. The first kappa shape index (κ1) is 20.3. The molecule has 3 unspecified atom stereocenters. The second kappa shape index (κ2) is 7.33. The van der Waals surface area contributed by atoms with E-state index >= 15 is 0 Å². The molecule has 2 aromatic rings. The zero-order valence-electron chi connectivity index (χ0n) is 18.2. The summed E-state index contributed by atoms with van der Waals surface area (Å²) >= 11 is 0. The first-order valence-corrected chi connectivity index (χ1v) is 11.6. The van der Waals surface area contributed by atoms with Gasteiger partial charge < -0.3 is 20.1 Å². The summed E-state index contributed by atoms with van der Waals surface area (Å²) in [6, 6.07) is 15.6. The maximum atomic E-state index is 13.1. The number of hydrogen-bond donors (Lipinski definition) is 2. The van der Waals surface area contributed by atoms with E-state index in [1.54, 1.807) is 4.90 Å². The van der Waals surface area contributed by atoms with Gasteiger partial charge in [0.1, 0.15) is 12.6 Å². The Labute approximate surface area is 191 Å². The molecule has 2 aromatic carbocycles. The van der Waals surface area contributed by atoms with Crippen LogP contribution >= 0.6 is 0 Å². The van der Waals surface area contributed by atoms with E-state index in [0.717, 1.165) is 35.1 Å². The normalized spacial score (nSPS) is 25.6. The first-order chi connectivity index (χ1) is 16.0. The van der Waals surface area contributed by atoms with Crippen LogP contribution in [0.25, 0.3) is 11.1 Å². The van der Waals surface area contributed by atoms with Crippen LogP contribution in [0.4, 0.5) is 4.79 Å². The minimum Gasteiger partial charge on any atom is -0.481 e. The van der Waals surface area contributed by atoms with E-state index in [0.29, 0.717) is 13.0 Å². The fourth-order valence-electron chi connectivity index (χ4n) is 5.76. The SMILES string of the molecule is O=C(NC(C(=O)N1CC2CC2(C(=O)O)C1)C1CC1)OCC1c2ccccc2-c2ccccc21. The van der Waals surface area contributed by atoms with Crippen LogP contribution in [0.2, 0.25) is 0 Å². The topological polar surface area (TPSA) is 95.9 Å². The molecule has 7 heteroatoms. The van der Waals surface area contributed by atoms with Gasteiger partial charge in [-0.3, -0.25) is 9.59 Å². The lowest BCUT2D eigenvalue weighted by Gasteiger charge is -2.26. The van der Waals surface area contributed by atoms with E-state index in [-0.39, 0.29) is 36.8 Å². The van der Waals surface area contributed by atoms with Crippen molar-refractivity contribution in [2.75, 3.05) is 19.7 Å². The van der Waals surface area contributed by atoms with E-state index in [9.17, 15) is 19.5 Å². The number of benzene rings is 2. The maximum Gasteiger partial charge on any atom is 0.407 e. The number of amides is 2. The lowest BCUT2D eigenvalue weighted by molar-refractivity contribution is -0.144. The third-order valence-corrected chi connectivity index (χ3v) is 7.86. The molecule has 4 aliphatic rings. The van der Waals surface area contributed by atoms with Crippen LogP contribution in [-0.4, -0.2) is 53.7 Å². The standard InChI is InChI=1S/C26H26N2O5/c29-23(28-12-16-11-26(16,14-28)24(30)31)22(15-9-10-15)27-25(32)33-13-21-19-7-3-1-5-17(19)18-6-2-4-8-20(18)21/h1-8,15-16,21-22H,9-14H2,(H,27,32)(H,30,31). The summed E-state index contributed by atoms with van der Waals surface area (Å²) in [5.74, 6) is -0.919. The number of hydrogen-bond acceptors (Lipinski definition) is 4. The van der Waals surface area contributed by atoms with Crippen molar-refractivity contribution in [2.24, 2.45) is 17.3 Å². The largest absolute Gasteiger partial charge is 0.481 e. The van der Waals surface area contributed by atoms with Crippen LogP contribution in [0, 0.1) is 17.3 Å². The lowest BCUT2D eigenvalue weighted by Crippen LogP contribution is -2.50. The number of carboxylic acids is 1. The van der Waals surface area contributed by atoms with Gasteiger partial charge in [0, 0.05) is 19.0 Å². The van der Waals surface area contributed by atoms with Gasteiger partial charge in [-0.05, 0) is 53.4 Å². The second-order valence-corrected chi connectivity index (χ2v) is 9.87. The lowest BCUT2D eigenvalue weighted by atomic mass is 9.98. The van der Waals surface area contributed by atoms with Crippen LogP contribution in [0.15, 0.2) is 48.5 Å².